The van der Waals surface area contributed by atoms with Gasteiger partial charge in [0.1, 0.15) is 18.8 Å². The first-order valence-corrected chi connectivity index (χ1v) is 5.98. The molecule has 0 saturated heterocycles. The molecule has 0 unspecified atom stereocenters. The van der Waals surface area contributed by atoms with Gasteiger partial charge in [-0.2, -0.15) is 0 Å². The average molecular weight is 295 g/mol. The van der Waals surface area contributed by atoms with Crippen molar-refractivity contribution < 1.29 is 33.0 Å². The molecule has 0 aliphatic carbocycles. The molecule has 1 aromatic heterocycles. The molecule has 2 aromatic rings. The first-order valence-electron chi connectivity index (χ1n) is 5.98. The van der Waals surface area contributed by atoms with Crippen LogP contribution in [-0.4, -0.2) is 36.6 Å². The van der Waals surface area contributed by atoms with Gasteiger partial charge in [-0.05, 0) is 0 Å². The number of methoxy groups -OCH3 is 1. The third-order valence-corrected chi connectivity index (χ3v) is 2.93. The van der Waals surface area contributed by atoms with Gasteiger partial charge in [-0.1, -0.05) is 5.16 Å². The smallest absolute Gasteiger partial charge is 0.358 e. The average Bonchev–Trinajstić information content (AvgIpc) is 2.96. The van der Waals surface area contributed by atoms with Gasteiger partial charge < -0.3 is 23.8 Å². The minimum atomic E-state index is -1.28. The summed E-state index contributed by atoms with van der Waals surface area (Å²) in [6, 6.07) is 2.47. The standard InChI is InChI=1S/C13H10FNO6/c1-18-8-5-9-12(20-3-2-19-9)10(11(8)14)7-4-6(13(16)17)15-21-7/h4-5H,2-3H2,1H3,(H,16,17). The number of ether oxygens (including phenoxy) is 3. The van der Waals surface area contributed by atoms with Crippen LogP contribution in [0.5, 0.6) is 17.2 Å². The number of fused-ring (bicyclic) bond motifs is 1. The van der Waals surface area contributed by atoms with Gasteiger partial charge in [-0.15, -0.1) is 0 Å². The Kier molecular flexibility index (Phi) is 3.13. The quantitative estimate of drug-likeness (QED) is 0.925. The van der Waals surface area contributed by atoms with Crippen LogP contribution in [0.15, 0.2) is 16.7 Å². The molecule has 0 atom stereocenters. The normalized spacial score (nSPS) is 13.0. The SMILES string of the molecule is COc1cc2c(c(-c3cc(C(=O)O)no3)c1F)OCCO2. The number of carboxylic acids is 1. The molecular formula is C13H10FNO6. The van der Waals surface area contributed by atoms with Gasteiger partial charge in [0.15, 0.2) is 34.5 Å². The Morgan fingerprint density at radius 1 is 1.38 bits per heavy atom. The molecule has 2 heterocycles. The lowest BCUT2D eigenvalue weighted by atomic mass is 10.1. The molecule has 0 spiro atoms. The molecule has 1 aliphatic heterocycles. The largest absolute Gasteiger partial charge is 0.494 e. The molecule has 1 aliphatic rings. The Bertz CT molecular complexity index is 711. The Morgan fingerprint density at radius 2 is 2.14 bits per heavy atom. The fraction of sp³-hybridized carbons (Fsp3) is 0.231. The summed E-state index contributed by atoms with van der Waals surface area (Å²) in [5.74, 6) is -1.74. The monoisotopic (exact) mass is 295 g/mol. The highest BCUT2D eigenvalue weighted by Crippen LogP contribution is 2.45. The molecule has 7 nitrogen and oxygen atoms in total. The molecule has 21 heavy (non-hydrogen) atoms. The van der Waals surface area contributed by atoms with Crippen molar-refractivity contribution >= 4 is 5.97 Å². The minimum Gasteiger partial charge on any atom is -0.494 e. The number of hydrogen-bond acceptors (Lipinski definition) is 6. The van der Waals surface area contributed by atoms with Crippen molar-refractivity contribution in [1.29, 1.82) is 0 Å². The van der Waals surface area contributed by atoms with Crippen molar-refractivity contribution in [2.75, 3.05) is 20.3 Å². The van der Waals surface area contributed by atoms with E-state index in [1.165, 1.54) is 13.2 Å². The first-order chi connectivity index (χ1) is 10.1. The van der Waals surface area contributed by atoms with Crippen molar-refractivity contribution in [3.05, 3.63) is 23.6 Å². The molecule has 0 fully saturated rings. The Balaban J connectivity index is 2.21. The van der Waals surface area contributed by atoms with Gasteiger partial charge >= 0.3 is 5.97 Å². The van der Waals surface area contributed by atoms with E-state index < -0.39 is 11.8 Å². The van der Waals surface area contributed by atoms with E-state index >= 15 is 0 Å². The van der Waals surface area contributed by atoms with Crippen LogP contribution in [0.4, 0.5) is 4.39 Å². The zero-order valence-electron chi connectivity index (χ0n) is 10.9. The van der Waals surface area contributed by atoms with Crippen LogP contribution < -0.4 is 14.2 Å². The number of halogens is 1. The second-order valence-corrected chi connectivity index (χ2v) is 4.17. The van der Waals surface area contributed by atoms with E-state index in [1.807, 2.05) is 0 Å². The highest BCUT2D eigenvalue weighted by atomic mass is 19.1. The Labute approximate surface area is 117 Å². The molecule has 0 radical (unpaired) electrons. The van der Waals surface area contributed by atoms with Crippen LogP contribution in [0.2, 0.25) is 0 Å². The van der Waals surface area contributed by atoms with Crippen LogP contribution in [0.1, 0.15) is 10.5 Å². The van der Waals surface area contributed by atoms with E-state index in [4.69, 9.17) is 23.8 Å². The zero-order valence-corrected chi connectivity index (χ0v) is 10.9. The molecular weight excluding hydrogens is 285 g/mol. The first kappa shape index (κ1) is 13.2. The second kappa shape index (κ2) is 4.97. The van der Waals surface area contributed by atoms with Gasteiger partial charge in [0, 0.05) is 12.1 Å². The summed E-state index contributed by atoms with van der Waals surface area (Å²) in [5, 5.41) is 12.2. The van der Waals surface area contributed by atoms with Crippen molar-refractivity contribution in [3.8, 4) is 28.6 Å². The van der Waals surface area contributed by atoms with Gasteiger partial charge in [-0.25, -0.2) is 9.18 Å². The van der Waals surface area contributed by atoms with E-state index in [0.29, 0.717) is 12.4 Å². The molecule has 1 N–H and O–H groups in total. The summed E-state index contributed by atoms with van der Waals surface area (Å²) in [7, 11) is 1.31. The van der Waals surface area contributed by atoms with Gasteiger partial charge in [-0.3, -0.25) is 0 Å². The summed E-state index contributed by atoms with van der Waals surface area (Å²) in [4.78, 5) is 10.8. The number of hydrogen-bond donors (Lipinski definition) is 1. The van der Waals surface area contributed by atoms with Crippen LogP contribution in [0.3, 0.4) is 0 Å². The van der Waals surface area contributed by atoms with E-state index in [-0.39, 0.29) is 35.1 Å². The van der Waals surface area contributed by atoms with Crippen molar-refractivity contribution in [2.45, 2.75) is 0 Å². The van der Waals surface area contributed by atoms with Crippen molar-refractivity contribution in [3.63, 3.8) is 0 Å². The van der Waals surface area contributed by atoms with E-state index in [1.54, 1.807) is 0 Å². The van der Waals surface area contributed by atoms with Gasteiger partial charge in [0.05, 0.1) is 7.11 Å². The van der Waals surface area contributed by atoms with Crippen LogP contribution >= 0.6 is 0 Å². The summed E-state index contributed by atoms with van der Waals surface area (Å²) in [6.07, 6.45) is 0. The molecule has 8 heteroatoms. The lowest BCUT2D eigenvalue weighted by molar-refractivity contribution is 0.0686. The third-order valence-electron chi connectivity index (χ3n) is 2.93. The Hall–Kier alpha value is -2.77. The number of aromatic carboxylic acids is 1. The molecule has 0 bridgehead atoms. The predicted octanol–water partition coefficient (Wildman–Crippen LogP) is 1.96. The van der Waals surface area contributed by atoms with Gasteiger partial charge in [0.25, 0.3) is 0 Å². The van der Waals surface area contributed by atoms with E-state index in [9.17, 15) is 9.18 Å². The van der Waals surface area contributed by atoms with Crippen molar-refractivity contribution in [1.82, 2.24) is 5.16 Å². The zero-order chi connectivity index (χ0) is 15.0. The molecule has 0 saturated carbocycles. The number of rotatable bonds is 3. The van der Waals surface area contributed by atoms with E-state index in [0.717, 1.165) is 6.07 Å². The summed E-state index contributed by atoms with van der Waals surface area (Å²) in [5.41, 5.74) is -0.415. The van der Waals surface area contributed by atoms with Crippen molar-refractivity contribution in [2.24, 2.45) is 0 Å². The van der Waals surface area contributed by atoms with Crippen LogP contribution in [-0.2, 0) is 0 Å². The molecule has 110 valence electrons. The lowest BCUT2D eigenvalue weighted by Gasteiger charge is -2.21. The maximum absolute atomic E-state index is 14.5. The number of aromatic nitrogens is 1. The highest BCUT2D eigenvalue weighted by Gasteiger charge is 2.28. The predicted molar refractivity (Wildman–Crippen MR) is 66.4 cm³/mol. The summed E-state index contributed by atoms with van der Waals surface area (Å²) in [6.45, 7) is 0.559. The number of benzene rings is 1. The highest BCUT2D eigenvalue weighted by molar-refractivity contribution is 5.87. The topological polar surface area (TPSA) is 91.0 Å². The number of nitrogens with zero attached hydrogens (tertiary/aromatic N) is 1. The molecule has 1 aromatic carbocycles. The molecule has 0 amide bonds. The maximum atomic E-state index is 14.5. The molecule has 3 rings (SSSR count). The fourth-order valence-corrected chi connectivity index (χ4v) is 2.00. The van der Waals surface area contributed by atoms with E-state index in [2.05, 4.69) is 5.16 Å². The van der Waals surface area contributed by atoms with Crippen LogP contribution in [0.25, 0.3) is 11.3 Å². The van der Waals surface area contributed by atoms with Gasteiger partial charge in [0.2, 0.25) is 0 Å². The summed E-state index contributed by atoms with van der Waals surface area (Å²) >= 11 is 0. The summed E-state index contributed by atoms with van der Waals surface area (Å²) < 4.78 is 35.1. The third kappa shape index (κ3) is 2.14. The lowest BCUT2D eigenvalue weighted by Crippen LogP contribution is -2.16. The number of carbonyl (C=O) groups is 1. The maximum Gasteiger partial charge on any atom is 0.358 e. The minimum absolute atomic E-state index is 0.0671. The second-order valence-electron chi connectivity index (χ2n) is 4.17. The number of carboxylic acid groups (broad SMARTS) is 1. The Morgan fingerprint density at radius 3 is 2.81 bits per heavy atom. The van der Waals surface area contributed by atoms with Crippen LogP contribution in [0, 0.1) is 5.82 Å². The fourth-order valence-electron chi connectivity index (χ4n) is 2.00.